The fraction of sp³-hybridized carbons (Fsp3) is 0. The van der Waals surface area contributed by atoms with E-state index >= 15 is 0 Å². The molecule has 0 spiro atoms. The molecule has 334 valence electrons. The Hall–Kier alpha value is -9.78. The Balaban J connectivity index is 0.968. The van der Waals surface area contributed by atoms with Crippen LogP contribution in [0.3, 0.4) is 0 Å². The van der Waals surface area contributed by atoms with Crippen molar-refractivity contribution < 1.29 is 4.42 Å². The van der Waals surface area contributed by atoms with Gasteiger partial charge in [0.05, 0.1) is 22.3 Å². The molecular weight excluding hydrogens is 879 g/mol. The first-order valence-electron chi connectivity index (χ1n) is 24.3. The summed E-state index contributed by atoms with van der Waals surface area (Å²) in [5.41, 5.74) is 11.8. The van der Waals surface area contributed by atoms with E-state index in [9.17, 15) is 0 Å². The lowest BCUT2D eigenvalue weighted by atomic mass is 9.98. The third-order valence-corrected chi connectivity index (χ3v) is 14.5. The number of fused-ring (bicyclic) bond motifs is 12. The van der Waals surface area contributed by atoms with Crippen molar-refractivity contribution in [3.8, 4) is 62.1 Å². The molecule has 0 aliphatic heterocycles. The van der Waals surface area contributed by atoms with E-state index in [1.54, 1.807) is 6.20 Å². The zero-order chi connectivity index (χ0) is 47.3. The smallest absolute Gasteiger partial charge is 0.227 e. The number of benzene rings is 11. The van der Waals surface area contributed by atoms with Crippen LogP contribution < -0.4 is 0 Å². The summed E-state index contributed by atoms with van der Waals surface area (Å²) in [7, 11) is 0. The predicted molar refractivity (Wildman–Crippen MR) is 296 cm³/mol. The minimum absolute atomic E-state index is 0.514. The number of aromatic nitrogens is 5. The molecule has 0 saturated carbocycles. The third-order valence-electron chi connectivity index (χ3n) is 14.5. The van der Waals surface area contributed by atoms with Crippen LogP contribution in [0, 0.1) is 0 Å². The number of rotatable bonds is 6. The van der Waals surface area contributed by atoms with E-state index in [1.165, 1.54) is 49.0 Å². The Morgan fingerprint density at radius 3 is 1.72 bits per heavy atom. The summed E-state index contributed by atoms with van der Waals surface area (Å²) in [4.78, 5) is 20.7. The Morgan fingerprint density at radius 1 is 0.319 bits per heavy atom. The lowest BCUT2D eigenvalue weighted by Gasteiger charge is -2.15. The fourth-order valence-corrected chi connectivity index (χ4v) is 11.0. The topological polar surface area (TPSA) is 69.6 Å². The van der Waals surface area contributed by atoms with E-state index < -0.39 is 0 Å². The van der Waals surface area contributed by atoms with Crippen molar-refractivity contribution in [1.29, 1.82) is 0 Å². The van der Waals surface area contributed by atoms with Gasteiger partial charge in [-0.2, -0.15) is 0 Å². The van der Waals surface area contributed by atoms with E-state index in [0.29, 0.717) is 28.8 Å². The Bertz CT molecular complexity index is 4690. The summed E-state index contributed by atoms with van der Waals surface area (Å²) < 4.78 is 8.95. The van der Waals surface area contributed by atoms with Crippen molar-refractivity contribution in [2.75, 3.05) is 0 Å². The molecule has 4 heterocycles. The Kier molecular flexibility index (Phi) is 8.86. The molecule has 0 bridgehead atoms. The average molecular weight is 918 g/mol. The lowest BCUT2D eigenvalue weighted by Crippen LogP contribution is -2.02. The van der Waals surface area contributed by atoms with Crippen LogP contribution >= 0.6 is 0 Å². The second-order valence-electron chi connectivity index (χ2n) is 18.6. The van der Waals surface area contributed by atoms with Crippen LogP contribution in [0.4, 0.5) is 0 Å². The van der Waals surface area contributed by atoms with Gasteiger partial charge in [0.15, 0.2) is 17.5 Å². The quantitative estimate of drug-likeness (QED) is 0.155. The number of furan rings is 1. The molecule has 11 aromatic carbocycles. The second-order valence-corrected chi connectivity index (χ2v) is 18.6. The van der Waals surface area contributed by atoms with Gasteiger partial charge >= 0.3 is 0 Å². The van der Waals surface area contributed by atoms with Gasteiger partial charge in [-0.3, -0.25) is 0 Å². The highest BCUT2D eigenvalue weighted by molar-refractivity contribution is 6.22. The molecule has 0 saturated heterocycles. The van der Waals surface area contributed by atoms with Crippen molar-refractivity contribution in [3.05, 3.63) is 237 Å². The van der Waals surface area contributed by atoms with E-state index in [1.807, 2.05) is 24.3 Å². The molecule has 15 rings (SSSR count). The average Bonchev–Trinajstić information content (AvgIpc) is 4.01. The molecule has 15 aromatic rings. The molecule has 0 N–H and O–H groups in total. The van der Waals surface area contributed by atoms with Crippen LogP contribution in [0.1, 0.15) is 0 Å². The standard InChI is InChI=1S/C66H39N5O/c1-2-12-40(13-3-1)41-23-25-42(26-24-41)46-32-33-58-57(37-46)61-52-19-9-5-15-44(52)31-34-59(61)71(58)60-39-49(36-47-16-6-8-18-51(47)60)64-68-63(48-30-29-45-28-27-43-14-4-7-17-50(43)56(45)38-48)69-65(70-64)55-21-10-20-53-54-22-11-35-67-66(54)72-62(53)55/h1-39H. The molecule has 0 atom stereocenters. The maximum Gasteiger partial charge on any atom is 0.227 e. The van der Waals surface area contributed by atoms with Crippen LogP contribution in [0.5, 0.6) is 0 Å². The predicted octanol–water partition coefficient (Wildman–Crippen LogP) is 17.2. The molecule has 0 aliphatic rings. The Morgan fingerprint density at radius 2 is 0.889 bits per heavy atom. The van der Waals surface area contributed by atoms with Gasteiger partial charge in [-0.05, 0) is 115 Å². The minimum atomic E-state index is 0.514. The first kappa shape index (κ1) is 40.1. The first-order chi connectivity index (χ1) is 35.7. The van der Waals surface area contributed by atoms with Crippen molar-refractivity contribution in [2.24, 2.45) is 0 Å². The van der Waals surface area contributed by atoms with E-state index in [-0.39, 0.29) is 0 Å². The SMILES string of the molecule is c1ccc(-c2ccc(-c3ccc4c(c3)c3c5ccccc5ccc3n4-c3cc(-c4nc(-c5ccc6ccc7ccccc7c6c5)nc(-c5cccc6c5oc5ncccc56)n4)cc4ccccc34)cc2)cc1. The van der Waals surface area contributed by atoms with Gasteiger partial charge in [0.25, 0.3) is 0 Å². The molecule has 0 fully saturated rings. The highest BCUT2D eigenvalue weighted by Crippen LogP contribution is 2.43. The van der Waals surface area contributed by atoms with Crippen molar-refractivity contribution in [3.63, 3.8) is 0 Å². The van der Waals surface area contributed by atoms with Gasteiger partial charge in [-0.1, -0.05) is 176 Å². The number of pyridine rings is 1. The summed E-state index contributed by atoms with van der Waals surface area (Å²) in [6.07, 6.45) is 1.76. The van der Waals surface area contributed by atoms with Crippen LogP contribution in [0.25, 0.3) is 149 Å². The number of hydrogen-bond donors (Lipinski definition) is 0. The number of para-hydroxylation sites is 1. The fourth-order valence-electron chi connectivity index (χ4n) is 11.0. The maximum absolute atomic E-state index is 6.52. The molecular formula is C66H39N5O. The van der Waals surface area contributed by atoms with Crippen molar-refractivity contribution in [1.82, 2.24) is 24.5 Å². The highest BCUT2D eigenvalue weighted by atomic mass is 16.3. The zero-order valence-corrected chi connectivity index (χ0v) is 38.7. The lowest BCUT2D eigenvalue weighted by molar-refractivity contribution is 0.654. The van der Waals surface area contributed by atoms with E-state index in [4.69, 9.17) is 19.4 Å². The first-order valence-corrected chi connectivity index (χ1v) is 24.3. The summed E-state index contributed by atoms with van der Waals surface area (Å²) in [5.74, 6) is 1.64. The van der Waals surface area contributed by atoms with Gasteiger partial charge in [0.1, 0.15) is 5.58 Å². The van der Waals surface area contributed by atoms with Gasteiger partial charge in [0.2, 0.25) is 5.71 Å². The van der Waals surface area contributed by atoms with Gasteiger partial charge < -0.3 is 8.98 Å². The molecule has 0 aliphatic carbocycles. The molecule has 0 amide bonds. The van der Waals surface area contributed by atoms with Gasteiger partial charge in [-0.15, -0.1) is 0 Å². The molecule has 6 nitrogen and oxygen atoms in total. The molecule has 72 heavy (non-hydrogen) atoms. The molecule has 0 radical (unpaired) electrons. The minimum Gasteiger partial charge on any atom is -0.437 e. The third kappa shape index (κ3) is 6.36. The van der Waals surface area contributed by atoms with Crippen LogP contribution in [0.15, 0.2) is 241 Å². The largest absolute Gasteiger partial charge is 0.437 e. The normalized spacial score (nSPS) is 11.9. The monoisotopic (exact) mass is 917 g/mol. The van der Waals surface area contributed by atoms with Crippen LogP contribution in [-0.4, -0.2) is 24.5 Å². The number of nitrogens with zero attached hydrogens (tertiary/aromatic N) is 5. The van der Waals surface area contributed by atoms with Crippen molar-refractivity contribution in [2.45, 2.75) is 0 Å². The molecule has 6 heteroatoms. The molecule has 4 aromatic heterocycles. The molecule has 0 unspecified atom stereocenters. The van der Waals surface area contributed by atoms with Gasteiger partial charge in [0, 0.05) is 44.3 Å². The summed E-state index contributed by atoms with van der Waals surface area (Å²) >= 11 is 0. The summed E-state index contributed by atoms with van der Waals surface area (Å²) in [6.45, 7) is 0. The summed E-state index contributed by atoms with van der Waals surface area (Å²) in [6, 6.07) is 82.2. The van der Waals surface area contributed by atoms with Gasteiger partial charge in [-0.25, -0.2) is 19.9 Å². The number of hydrogen-bond acceptors (Lipinski definition) is 5. The zero-order valence-electron chi connectivity index (χ0n) is 38.7. The Labute approximate surface area is 412 Å². The van der Waals surface area contributed by atoms with Crippen LogP contribution in [-0.2, 0) is 0 Å². The van der Waals surface area contributed by atoms with Crippen LogP contribution in [0.2, 0.25) is 0 Å². The van der Waals surface area contributed by atoms with Crippen molar-refractivity contribution >= 4 is 87.0 Å². The van der Waals surface area contributed by atoms with E-state index in [2.05, 4.69) is 216 Å². The van der Waals surface area contributed by atoms with E-state index in [0.717, 1.165) is 71.3 Å². The maximum atomic E-state index is 6.52. The second kappa shape index (κ2) is 15.9. The highest BCUT2D eigenvalue weighted by Gasteiger charge is 2.22. The summed E-state index contributed by atoms with van der Waals surface area (Å²) in [5, 5.41) is 13.5.